The molecule has 4 N–H and O–H groups in total. The molecule has 0 unspecified atom stereocenters. The van der Waals surface area contributed by atoms with Gasteiger partial charge in [-0.3, -0.25) is 19.5 Å². The zero-order chi connectivity index (χ0) is 24.7. The summed E-state index contributed by atoms with van der Waals surface area (Å²) in [6.07, 6.45) is 0.899. The van der Waals surface area contributed by atoms with Crippen LogP contribution in [0.15, 0.2) is 4.79 Å². The highest BCUT2D eigenvalue weighted by Crippen LogP contribution is 2.30. The summed E-state index contributed by atoms with van der Waals surface area (Å²) in [5.41, 5.74) is -1.81. The van der Waals surface area contributed by atoms with E-state index >= 15 is 0 Å². The number of carbonyl (C=O) groups is 2. The van der Waals surface area contributed by atoms with Crippen LogP contribution >= 0.6 is 0 Å². The average Bonchev–Trinajstić information content (AvgIpc) is 3.38. The number of aliphatic hydroxyl groups excluding tert-OH is 1. The van der Waals surface area contributed by atoms with Gasteiger partial charge >= 0.3 is 6.09 Å². The fraction of sp³-hybridized carbons (Fsp3) is 0.636. The van der Waals surface area contributed by atoms with E-state index in [4.69, 9.17) is 4.74 Å². The number of aliphatic hydroxyl groups is 1. The third kappa shape index (κ3) is 5.65. The highest BCUT2D eigenvalue weighted by Gasteiger charge is 2.32. The lowest BCUT2D eigenvalue weighted by molar-refractivity contribution is 0.0634. The van der Waals surface area contributed by atoms with Crippen LogP contribution in [0.1, 0.15) is 70.3 Å². The number of rotatable bonds is 6. The van der Waals surface area contributed by atoms with Crippen molar-refractivity contribution in [1.82, 2.24) is 19.5 Å². The maximum absolute atomic E-state index is 13.3. The van der Waals surface area contributed by atoms with Gasteiger partial charge < -0.3 is 20.3 Å². The van der Waals surface area contributed by atoms with Gasteiger partial charge in [0.05, 0.1) is 0 Å². The second-order valence-corrected chi connectivity index (χ2v) is 10.6. The molecule has 0 aromatic carbocycles. The highest BCUT2D eigenvalue weighted by molar-refractivity contribution is 5.97. The Hall–Kier alpha value is -3.08. The Morgan fingerprint density at radius 3 is 2.33 bits per heavy atom. The number of ether oxygens (including phenoxy) is 1. The Morgan fingerprint density at radius 2 is 1.82 bits per heavy atom. The third-order valence-electron chi connectivity index (χ3n) is 4.85. The van der Waals surface area contributed by atoms with Crippen molar-refractivity contribution in [2.45, 2.75) is 79.0 Å². The van der Waals surface area contributed by atoms with Gasteiger partial charge in [-0.25, -0.2) is 4.79 Å². The van der Waals surface area contributed by atoms with Gasteiger partial charge in [0.1, 0.15) is 11.2 Å². The number of hydrogen-bond donors (Lipinski definition) is 4. The summed E-state index contributed by atoms with van der Waals surface area (Å²) < 4.78 is 7.71. The molecule has 11 nitrogen and oxygen atoms in total. The summed E-state index contributed by atoms with van der Waals surface area (Å²) in [5.74, 6) is -1.15. The van der Waals surface area contributed by atoms with Gasteiger partial charge in [-0.2, -0.15) is 4.52 Å². The molecular weight excluding hydrogens is 430 g/mol. The summed E-state index contributed by atoms with van der Waals surface area (Å²) in [4.78, 5) is 38.4. The van der Waals surface area contributed by atoms with Crippen molar-refractivity contribution >= 4 is 23.5 Å². The fourth-order valence-electron chi connectivity index (χ4n) is 3.45. The number of nitrogens with one attached hydrogen (secondary N) is 2. The lowest BCUT2D eigenvalue weighted by atomic mass is 9.96. The van der Waals surface area contributed by atoms with Crippen LogP contribution < -0.4 is 16.2 Å². The molecule has 1 aliphatic carbocycles. The number of aromatic nitrogens is 3. The number of fused-ring (bicyclic) bond motifs is 1. The van der Waals surface area contributed by atoms with Crippen LogP contribution in [0.4, 0.5) is 10.6 Å². The van der Waals surface area contributed by atoms with E-state index in [1.807, 2.05) is 20.8 Å². The Labute approximate surface area is 191 Å². The number of hydrogen-bond acceptors (Lipinski definition) is 7. The Balaban J connectivity index is 2.24. The van der Waals surface area contributed by atoms with Gasteiger partial charge in [-0.05, 0) is 39.0 Å². The Kier molecular flexibility index (Phi) is 6.47. The number of nitrogens with zero attached hydrogens (tertiary/aromatic N) is 3. The summed E-state index contributed by atoms with van der Waals surface area (Å²) in [7, 11) is 0. The maximum atomic E-state index is 13.3. The molecule has 2 aromatic heterocycles. The molecule has 33 heavy (non-hydrogen) atoms. The average molecular weight is 464 g/mol. The van der Waals surface area contributed by atoms with Crippen molar-refractivity contribution in [2.75, 3.05) is 11.9 Å². The molecule has 0 bridgehead atoms. The van der Waals surface area contributed by atoms with Crippen molar-refractivity contribution in [1.29, 1.82) is 0 Å². The first kappa shape index (κ1) is 24.6. The molecule has 0 spiro atoms. The van der Waals surface area contributed by atoms with Crippen molar-refractivity contribution in [3.8, 4) is 5.88 Å². The van der Waals surface area contributed by atoms with E-state index in [1.54, 1.807) is 20.8 Å². The van der Waals surface area contributed by atoms with E-state index in [0.717, 1.165) is 17.4 Å². The first-order valence-corrected chi connectivity index (χ1v) is 11.0. The summed E-state index contributed by atoms with van der Waals surface area (Å²) in [5, 5.41) is 30.2. The van der Waals surface area contributed by atoms with Crippen molar-refractivity contribution < 1.29 is 24.5 Å². The number of anilines is 1. The number of amides is 2. The highest BCUT2D eigenvalue weighted by atomic mass is 16.6. The molecule has 2 aromatic rings. The van der Waals surface area contributed by atoms with E-state index < -0.39 is 34.6 Å². The van der Waals surface area contributed by atoms with Crippen LogP contribution in [-0.2, 0) is 17.7 Å². The van der Waals surface area contributed by atoms with Crippen molar-refractivity contribution in [2.24, 2.45) is 5.41 Å². The van der Waals surface area contributed by atoms with E-state index in [1.165, 1.54) is 4.57 Å². The summed E-state index contributed by atoms with van der Waals surface area (Å²) in [6.45, 7) is 10.9. The molecule has 0 aliphatic heterocycles. The lowest BCUT2D eigenvalue weighted by Gasteiger charge is -2.23. The van der Waals surface area contributed by atoms with E-state index in [9.17, 15) is 24.6 Å². The lowest BCUT2D eigenvalue weighted by Crippen LogP contribution is -2.35. The van der Waals surface area contributed by atoms with Gasteiger partial charge in [-0.15, -0.1) is 5.10 Å². The molecule has 1 fully saturated rings. The van der Waals surface area contributed by atoms with Crippen LogP contribution in [0.3, 0.4) is 0 Å². The van der Waals surface area contributed by atoms with Gasteiger partial charge in [-0.1, -0.05) is 20.8 Å². The molecule has 0 atom stereocenters. The van der Waals surface area contributed by atoms with Gasteiger partial charge in [0, 0.05) is 31.2 Å². The van der Waals surface area contributed by atoms with Crippen LogP contribution in [0.2, 0.25) is 0 Å². The molecule has 2 heterocycles. The van der Waals surface area contributed by atoms with E-state index in [0.29, 0.717) is 5.56 Å². The minimum atomic E-state index is -0.817. The number of carbonyl (C=O) groups excluding carboxylic acids is 2. The first-order valence-electron chi connectivity index (χ1n) is 11.0. The summed E-state index contributed by atoms with van der Waals surface area (Å²) >= 11 is 0. The molecule has 1 aliphatic rings. The second-order valence-electron chi connectivity index (χ2n) is 10.6. The quantitative estimate of drug-likeness (QED) is 0.512. The second kappa shape index (κ2) is 8.69. The largest absolute Gasteiger partial charge is 0.494 e. The third-order valence-corrected chi connectivity index (χ3v) is 4.85. The van der Waals surface area contributed by atoms with Gasteiger partial charge in [0.2, 0.25) is 5.88 Å². The fourth-order valence-corrected chi connectivity index (χ4v) is 3.45. The summed E-state index contributed by atoms with van der Waals surface area (Å²) in [6, 6.07) is -0.0185. The zero-order valence-electron chi connectivity index (χ0n) is 20.0. The van der Waals surface area contributed by atoms with Crippen LogP contribution in [0.25, 0.3) is 5.65 Å². The van der Waals surface area contributed by atoms with Gasteiger partial charge in [0.25, 0.3) is 11.5 Å². The topological polar surface area (TPSA) is 147 Å². The monoisotopic (exact) mass is 463 g/mol. The Bertz CT molecular complexity index is 1130. The smallest absolute Gasteiger partial charge is 0.413 e. The van der Waals surface area contributed by atoms with E-state index in [-0.39, 0.29) is 42.5 Å². The first-order chi connectivity index (χ1) is 15.2. The molecular formula is C22H33N5O6. The number of aromatic hydroxyl groups is 1. The predicted octanol–water partition coefficient (Wildman–Crippen LogP) is 2.02. The minimum Gasteiger partial charge on any atom is -0.494 e. The molecule has 0 radical (unpaired) electrons. The van der Waals surface area contributed by atoms with Crippen LogP contribution in [0.5, 0.6) is 5.88 Å². The van der Waals surface area contributed by atoms with Crippen molar-refractivity contribution in [3.63, 3.8) is 0 Å². The molecule has 0 saturated heterocycles. The van der Waals surface area contributed by atoms with Crippen LogP contribution in [0, 0.1) is 5.41 Å². The normalized spacial score (nSPS) is 14.4. The standard InChI is InChI=1S/C22H33N5O6/c1-21(2,3)11-26-17-13(9-10-28)15(24-20(32)33-22(4,5)6)25-27(17)19(31)14(18(26)30)16(29)23-12-7-8-12/h12,28,30H,7-11H2,1-6H3,(H,23,29)(H,24,25,32). The molecule has 182 valence electrons. The van der Waals surface area contributed by atoms with Gasteiger partial charge in [0.15, 0.2) is 11.4 Å². The van der Waals surface area contributed by atoms with E-state index in [2.05, 4.69) is 15.7 Å². The zero-order valence-corrected chi connectivity index (χ0v) is 20.0. The molecule has 11 heteroatoms. The molecule has 2 amide bonds. The Morgan fingerprint density at radius 1 is 1.18 bits per heavy atom. The molecule has 1 saturated carbocycles. The maximum Gasteiger partial charge on any atom is 0.413 e. The van der Waals surface area contributed by atoms with Crippen molar-refractivity contribution in [3.05, 3.63) is 21.5 Å². The SMILES string of the molecule is CC(C)(C)Cn1c(O)c(C(=O)NC2CC2)c(=O)n2nc(NC(=O)OC(C)(C)C)c(CCO)c12. The minimum absolute atomic E-state index is 0.0113. The van der Waals surface area contributed by atoms with Crippen LogP contribution in [-0.4, -0.2) is 54.6 Å². The molecule has 3 rings (SSSR count). The predicted molar refractivity (Wildman–Crippen MR) is 122 cm³/mol.